The van der Waals surface area contributed by atoms with E-state index in [9.17, 15) is 18.7 Å². The number of rotatable bonds is 4. The van der Waals surface area contributed by atoms with E-state index in [-0.39, 0.29) is 16.3 Å². The number of likely N-dealkylation sites (N-methyl/N-ethyl adjacent to an activating group) is 1. The molecule has 0 aliphatic carbocycles. The average molecular weight is 427 g/mol. The topological polar surface area (TPSA) is 116 Å². The Kier molecular flexibility index (Phi) is 5.33. The van der Waals surface area contributed by atoms with Crippen molar-refractivity contribution >= 4 is 28.1 Å². The van der Waals surface area contributed by atoms with Crippen molar-refractivity contribution in [3.8, 4) is 0 Å². The maximum atomic E-state index is 12.9. The number of aromatic nitrogens is 1. The number of nitrogens with one attached hydrogen (secondary N) is 1. The van der Waals surface area contributed by atoms with Gasteiger partial charge in [-0.15, -0.1) is 0 Å². The molecule has 0 bridgehead atoms. The summed E-state index contributed by atoms with van der Waals surface area (Å²) >= 11 is 0. The van der Waals surface area contributed by atoms with Gasteiger partial charge < -0.3 is 14.7 Å². The first-order valence-electron chi connectivity index (χ1n) is 9.28. The van der Waals surface area contributed by atoms with Crippen LogP contribution in [0.3, 0.4) is 0 Å². The minimum absolute atomic E-state index is 0.0228. The number of carbonyl (C=O) groups excluding carboxylic acids is 2. The minimum atomic E-state index is -3.28. The van der Waals surface area contributed by atoms with Gasteiger partial charge >= 0.3 is 0 Å². The molecule has 3 aromatic rings. The first-order chi connectivity index (χ1) is 14.3. The summed E-state index contributed by atoms with van der Waals surface area (Å²) < 4.78 is 26.5. The highest BCUT2D eigenvalue weighted by atomic mass is 32.3. The molecule has 1 aliphatic heterocycles. The Morgan fingerprint density at radius 1 is 1.20 bits per heavy atom. The fourth-order valence-electron chi connectivity index (χ4n) is 3.39. The average Bonchev–Trinajstić information content (AvgIpc) is 3.19. The van der Waals surface area contributed by atoms with E-state index in [0.717, 1.165) is 5.56 Å². The maximum Gasteiger partial charge on any atom is 0.274 e. The van der Waals surface area contributed by atoms with E-state index in [1.807, 2.05) is 30.3 Å². The van der Waals surface area contributed by atoms with Gasteiger partial charge in [-0.1, -0.05) is 47.6 Å². The Bertz CT molecular complexity index is 1080. The first-order valence-corrected chi connectivity index (χ1v) is 11.0. The summed E-state index contributed by atoms with van der Waals surface area (Å²) in [7, 11) is -1.74. The number of benzene rings is 2. The van der Waals surface area contributed by atoms with Crippen LogP contribution >= 0.6 is 10.6 Å². The lowest BCUT2D eigenvalue weighted by Gasteiger charge is -2.33. The number of hydrogen-bond acceptors (Lipinski definition) is 6. The van der Waals surface area contributed by atoms with Gasteiger partial charge in [0.05, 0.1) is 16.3 Å². The zero-order chi connectivity index (χ0) is 21.3. The zero-order valence-corrected chi connectivity index (χ0v) is 17.0. The van der Waals surface area contributed by atoms with E-state index in [1.54, 1.807) is 24.3 Å². The van der Waals surface area contributed by atoms with Gasteiger partial charge in [-0.25, -0.2) is 0 Å². The van der Waals surface area contributed by atoms with E-state index in [1.165, 1.54) is 18.0 Å². The first kappa shape index (κ1) is 20.1. The summed E-state index contributed by atoms with van der Waals surface area (Å²) in [5.74, 6) is -0.868. The molecule has 0 radical (unpaired) electrons. The summed E-state index contributed by atoms with van der Waals surface area (Å²) in [6.07, 6.45) is 0.474. The fourth-order valence-corrected chi connectivity index (χ4v) is 5.10. The van der Waals surface area contributed by atoms with Crippen LogP contribution in [0.5, 0.6) is 0 Å². The van der Waals surface area contributed by atoms with Crippen molar-refractivity contribution in [3.05, 3.63) is 77.7 Å². The van der Waals surface area contributed by atoms with Crippen molar-refractivity contribution in [3.63, 3.8) is 0 Å². The highest BCUT2D eigenvalue weighted by Gasteiger charge is 2.37. The highest BCUT2D eigenvalue weighted by Crippen LogP contribution is 2.54. The third-order valence-electron chi connectivity index (χ3n) is 4.92. The third-order valence-corrected chi connectivity index (χ3v) is 6.77. The van der Waals surface area contributed by atoms with E-state index in [2.05, 4.69) is 10.5 Å². The Morgan fingerprint density at radius 3 is 2.67 bits per heavy atom. The molecule has 2 amide bonds. The standard InChI is InChI=1S/C21H21N3O5S/c1-24-18-9-5-6-10-19(18)30(27,28)13-17(21(24)26)22-20(25)16-12-15(29-23-16)11-14-7-3-2-4-8-14/h2-10,12,17,27-28H,11,13H2,1H3,(H,22,25)/t17-/m0/s1. The molecule has 0 fully saturated rings. The number of fused-ring (bicyclic) bond motifs is 1. The van der Waals surface area contributed by atoms with Crippen LogP contribution in [0.1, 0.15) is 21.8 Å². The zero-order valence-electron chi connectivity index (χ0n) is 16.2. The quantitative estimate of drug-likeness (QED) is 0.589. The Labute approximate surface area is 174 Å². The molecule has 156 valence electrons. The predicted octanol–water partition coefficient (Wildman–Crippen LogP) is 3.15. The summed E-state index contributed by atoms with van der Waals surface area (Å²) in [6.45, 7) is 0. The molecule has 0 spiro atoms. The van der Waals surface area contributed by atoms with E-state index in [0.29, 0.717) is 17.9 Å². The largest absolute Gasteiger partial charge is 0.360 e. The molecule has 9 heteroatoms. The second-order valence-electron chi connectivity index (χ2n) is 7.07. The molecule has 0 saturated carbocycles. The van der Waals surface area contributed by atoms with Crippen molar-refractivity contribution in [1.82, 2.24) is 10.5 Å². The number of hydrogen-bond donors (Lipinski definition) is 3. The van der Waals surface area contributed by atoms with E-state index in [4.69, 9.17) is 4.52 Å². The monoisotopic (exact) mass is 427 g/mol. The summed E-state index contributed by atoms with van der Waals surface area (Å²) in [6, 6.07) is 16.6. The lowest BCUT2D eigenvalue weighted by Crippen LogP contribution is -2.49. The van der Waals surface area contributed by atoms with Crippen LogP contribution in [0, 0.1) is 0 Å². The Morgan fingerprint density at radius 2 is 1.90 bits per heavy atom. The maximum absolute atomic E-state index is 12.9. The number of nitrogens with zero attached hydrogens (tertiary/aromatic N) is 2. The molecular weight excluding hydrogens is 406 g/mol. The molecule has 1 aromatic heterocycles. The molecule has 1 atom stereocenters. The van der Waals surface area contributed by atoms with Gasteiger partial charge in [-0.3, -0.25) is 18.7 Å². The number of amides is 2. The van der Waals surface area contributed by atoms with Crippen LogP contribution in [0.4, 0.5) is 5.69 Å². The van der Waals surface area contributed by atoms with Crippen molar-refractivity contribution in [2.24, 2.45) is 0 Å². The molecule has 4 rings (SSSR count). The van der Waals surface area contributed by atoms with E-state index >= 15 is 0 Å². The predicted molar refractivity (Wildman–Crippen MR) is 113 cm³/mol. The second kappa shape index (κ2) is 7.94. The van der Waals surface area contributed by atoms with Gasteiger partial charge in [0, 0.05) is 19.5 Å². The van der Waals surface area contributed by atoms with Gasteiger partial charge in [0.1, 0.15) is 11.8 Å². The van der Waals surface area contributed by atoms with Crippen LogP contribution < -0.4 is 10.2 Å². The lowest BCUT2D eigenvalue weighted by molar-refractivity contribution is -0.119. The lowest BCUT2D eigenvalue weighted by atomic mass is 10.1. The molecule has 3 N–H and O–H groups in total. The molecular formula is C21H21N3O5S. The molecule has 2 heterocycles. The van der Waals surface area contributed by atoms with Gasteiger partial charge in [0.15, 0.2) is 5.69 Å². The Balaban J connectivity index is 1.51. The van der Waals surface area contributed by atoms with Crippen LogP contribution in [0.25, 0.3) is 0 Å². The van der Waals surface area contributed by atoms with Gasteiger partial charge in [0.25, 0.3) is 11.8 Å². The summed E-state index contributed by atoms with van der Waals surface area (Å²) in [5.41, 5.74) is 1.44. The number of anilines is 1. The van der Waals surface area contributed by atoms with Gasteiger partial charge in [-0.05, 0) is 17.7 Å². The minimum Gasteiger partial charge on any atom is -0.360 e. The summed E-state index contributed by atoms with van der Waals surface area (Å²) in [4.78, 5) is 27.1. The van der Waals surface area contributed by atoms with Crippen molar-refractivity contribution < 1.29 is 23.2 Å². The van der Waals surface area contributed by atoms with E-state index < -0.39 is 28.4 Å². The molecule has 30 heavy (non-hydrogen) atoms. The van der Waals surface area contributed by atoms with Crippen LogP contribution in [-0.4, -0.2) is 44.9 Å². The van der Waals surface area contributed by atoms with Gasteiger partial charge in [-0.2, -0.15) is 10.6 Å². The molecule has 8 nitrogen and oxygen atoms in total. The number of para-hydroxylation sites is 1. The van der Waals surface area contributed by atoms with Crippen LogP contribution in [0.15, 0.2) is 70.1 Å². The smallest absolute Gasteiger partial charge is 0.274 e. The molecule has 1 aliphatic rings. The molecule has 2 aromatic carbocycles. The molecule has 0 saturated heterocycles. The van der Waals surface area contributed by atoms with Gasteiger partial charge in [0.2, 0.25) is 0 Å². The highest BCUT2D eigenvalue weighted by molar-refractivity contribution is 8.24. The summed E-state index contributed by atoms with van der Waals surface area (Å²) in [5, 5.41) is 6.36. The van der Waals surface area contributed by atoms with Crippen molar-refractivity contribution in [2.75, 3.05) is 17.7 Å². The van der Waals surface area contributed by atoms with Crippen LogP contribution in [-0.2, 0) is 11.2 Å². The third kappa shape index (κ3) is 3.95. The second-order valence-corrected chi connectivity index (χ2v) is 9.17. The van der Waals surface area contributed by atoms with Crippen molar-refractivity contribution in [1.29, 1.82) is 0 Å². The number of carbonyl (C=O) groups is 2. The Hall–Kier alpha value is -3.14. The fraction of sp³-hybridized carbons (Fsp3) is 0.190. The SMILES string of the molecule is CN1C(=O)[C@@H](NC(=O)c2cc(Cc3ccccc3)on2)CS(O)(O)c2ccccc21. The molecule has 0 unspecified atom stereocenters. The normalized spacial score (nSPS) is 19.0. The van der Waals surface area contributed by atoms with Crippen LogP contribution in [0.2, 0.25) is 0 Å². The van der Waals surface area contributed by atoms with Crippen molar-refractivity contribution in [2.45, 2.75) is 17.4 Å².